The molecule has 152 valence electrons. The molecule has 0 saturated heterocycles. The second-order valence-electron chi connectivity index (χ2n) is 7.63. The summed E-state index contributed by atoms with van der Waals surface area (Å²) in [6.45, 7) is 2.05. The van der Waals surface area contributed by atoms with Crippen LogP contribution < -0.4 is 0 Å². The largest absolute Gasteiger partial charge is 0.416 e. The highest BCUT2D eigenvalue weighted by Crippen LogP contribution is 2.40. The molecular formula is C21H21F3N4O. The number of fused-ring (bicyclic) bond motifs is 1. The third kappa shape index (κ3) is 3.71. The van der Waals surface area contributed by atoms with Gasteiger partial charge in [0.2, 0.25) is 0 Å². The first-order valence-corrected chi connectivity index (χ1v) is 9.41. The highest BCUT2D eigenvalue weighted by molar-refractivity contribution is 6.06. The topological polar surface area (TPSA) is 51.0 Å². The fourth-order valence-electron chi connectivity index (χ4n) is 3.57. The lowest BCUT2D eigenvalue weighted by molar-refractivity contribution is -0.137. The number of amides is 1. The van der Waals surface area contributed by atoms with E-state index in [-0.39, 0.29) is 12.5 Å². The monoisotopic (exact) mass is 402 g/mol. The lowest BCUT2D eigenvalue weighted by Gasteiger charge is -2.19. The molecule has 0 bridgehead atoms. The first kappa shape index (κ1) is 19.4. The van der Waals surface area contributed by atoms with Crippen LogP contribution in [0.3, 0.4) is 0 Å². The van der Waals surface area contributed by atoms with Gasteiger partial charge in [0.15, 0.2) is 5.65 Å². The number of rotatable bonds is 4. The molecule has 1 amide bonds. The molecule has 0 radical (unpaired) electrons. The Morgan fingerprint density at radius 2 is 1.90 bits per heavy atom. The summed E-state index contributed by atoms with van der Waals surface area (Å²) in [6, 6.07) is 6.73. The third-order valence-electron chi connectivity index (χ3n) is 5.26. The molecule has 0 aliphatic heterocycles. The molecule has 5 nitrogen and oxygen atoms in total. The van der Waals surface area contributed by atoms with Gasteiger partial charge in [-0.05, 0) is 43.5 Å². The maximum atomic E-state index is 13.2. The molecular weight excluding hydrogens is 381 g/mol. The Bertz CT molecular complexity index is 1080. The van der Waals surface area contributed by atoms with Crippen LogP contribution in [0.15, 0.2) is 30.3 Å². The maximum absolute atomic E-state index is 13.2. The van der Waals surface area contributed by atoms with Crippen LogP contribution in [0.1, 0.15) is 51.6 Å². The normalized spacial score (nSPS) is 14.4. The summed E-state index contributed by atoms with van der Waals surface area (Å²) in [5.74, 6) is 0.177. The fourth-order valence-corrected chi connectivity index (χ4v) is 3.57. The van der Waals surface area contributed by atoms with Crippen LogP contribution in [0.5, 0.6) is 0 Å². The second-order valence-corrected chi connectivity index (χ2v) is 7.63. The Labute approximate surface area is 166 Å². The van der Waals surface area contributed by atoms with Crippen molar-refractivity contribution >= 4 is 16.9 Å². The molecule has 0 unspecified atom stereocenters. The first-order valence-electron chi connectivity index (χ1n) is 9.41. The maximum Gasteiger partial charge on any atom is 0.416 e. The molecule has 8 heteroatoms. The van der Waals surface area contributed by atoms with Gasteiger partial charge in [0, 0.05) is 32.3 Å². The minimum Gasteiger partial charge on any atom is -0.337 e. The van der Waals surface area contributed by atoms with Gasteiger partial charge in [-0.15, -0.1) is 0 Å². The number of hydrogen-bond donors (Lipinski definition) is 0. The minimum absolute atomic E-state index is 0.199. The van der Waals surface area contributed by atoms with E-state index in [1.165, 1.54) is 17.0 Å². The van der Waals surface area contributed by atoms with Crippen molar-refractivity contribution in [2.75, 3.05) is 7.05 Å². The zero-order chi connectivity index (χ0) is 20.9. The molecule has 3 aromatic rings. The molecule has 0 atom stereocenters. The van der Waals surface area contributed by atoms with Gasteiger partial charge < -0.3 is 4.90 Å². The molecule has 1 fully saturated rings. The Morgan fingerprint density at radius 1 is 1.24 bits per heavy atom. The van der Waals surface area contributed by atoms with Crippen molar-refractivity contribution in [3.05, 3.63) is 58.4 Å². The second kappa shape index (κ2) is 6.86. The average Bonchev–Trinajstić information content (AvgIpc) is 3.47. The number of alkyl halides is 3. The summed E-state index contributed by atoms with van der Waals surface area (Å²) >= 11 is 0. The highest BCUT2D eigenvalue weighted by Gasteiger charge is 2.31. The number of hydrogen-bond acceptors (Lipinski definition) is 3. The fraction of sp³-hybridized carbons (Fsp3) is 0.381. The standard InChI is InChI=1S/C21H21F3N4O/c1-12-18-16(10-17(14-6-7-14)25-19(18)28(3)26-12)20(29)27(2)11-13-4-8-15(9-5-13)21(22,23)24/h4-5,8-10,14H,6-7,11H2,1-3H3. The Kier molecular flexibility index (Phi) is 4.59. The number of carbonyl (C=O) groups excluding carboxylic acids is 1. The molecule has 29 heavy (non-hydrogen) atoms. The molecule has 4 rings (SSSR count). The van der Waals surface area contributed by atoms with Crippen LogP contribution in [-0.4, -0.2) is 32.6 Å². The van der Waals surface area contributed by atoms with Gasteiger partial charge >= 0.3 is 6.18 Å². The van der Waals surface area contributed by atoms with E-state index < -0.39 is 11.7 Å². The summed E-state index contributed by atoms with van der Waals surface area (Å²) in [5, 5.41) is 5.13. The minimum atomic E-state index is -4.38. The Balaban J connectivity index is 1.64. The quantitative estimate of drug-likeness (QED) is 0.648. The summed E-state index contributed by atoms with van der Waals surface area (Å²) in [4.78, 5) is 19.4. The van der Waals surface area contributed by atoms with Gasteiger partial charge in [-0.2, -0.15) is 18.3 Å². The number of aromatic nitrogens is 3. The van der Waals surface area contributed by atoms with E-state index in [2.05, 4.69) is 5.10 Å². The third-order valence-corrected chi connectivity index (χ3v) is 5.26. The summed E-state index contributed by atoms with van der Waals surface area (Å²) in [5.41, 5.74) is 2.76. The molecule has 1 aliphatic rings. The number of aryl methyl sites for hydroxylation is 2. The van der Waals surface area contributed by atoms with Gasteiger partial charge in [0.05, 0.1) is 22.2 Å². The van der Waals surface area contributed by atoms with Crippen molar-refractivity contribution in [3.63, 3.8) is 0 Å². The number of pyridine rings is 1. The van der Waals surface area contributed by atoms with Crippen LogP contribution >= 0.6 is 0 Å². The molecule has 2 heterocycles. The SMILES string of the molecule is Cc1nn(C)c2nc(C3CC3)cc(C(=O)N(C)Cc3ccc(C(F)(F)F)cc3)c12. The van der Waals surface area contributed by atoms with Crippen molar-refractivity contribution in [1.82, 2.24) is 19.7 Å². The molecule has 1 aromatic carbocycles. The Morgan fingerprint density at radius 3 is 2.48 bits per heavy atom. The first-order chi connectivity index (χ1) is 13.6. The van der Waals surface area contributed by atoms with Crippen LogP contribution in [0.25, 0.3) is 11.0 Å². The van der Waals surface area contributed by atoms with Gasteiger partial charge in [-0.25, -0.2) is 4.98 Å². The zero-order valence-corrected chi connectivity index (χ0v) is 16.4. The van der Waals surface area contributed by atoms with E-state index in [0.29, 0.717) is 22.7 Å². The summed E-state index contributed by atoms with van der Waals surface area (Å²) < 4.78 is 39.9. The zero-order valence-electron chi connectivity index (χ0n) is 16.4. The van der Waals surface area contributed by atoms with E-state index in [9.17, 15) is 18.0 Å². The lowest BCUT2D eigenvalue weighted by atomic mass is 10.1. The van der Waals surface area contributed by atoms with Crippen molar-refractivity contribution in [2.45, 2.75) is 38.4 Å². The smallest absolute Gasteiger partial charge is 0.337 e. The van der Waals surface area contributed by atoms with Crippen LogP contribution in [0, 0.1) is 6.92 Å². The summed E-state index contributed by atoms with van der Waals surface area (Å²) in [7, 11) is 3.45. The van der Waals surface area contributed by atoms with Gasteiger partial charge in [0.25, 0.3) is 5.91 Å². The lowest BCUT2D eigenvalue weighted by Crippen LogP contribution is -2.26. The van der Waals surface area contributed by atoms with E-state index in [4.69, 9.17) is 4.98 Å². The van der Waals surface area contributed by atoms with Crippen LogP contribution in [-0.2, 0) is 19.8 Å². The van der Waals surface area contributed by atoms with Crippen molar-refractivity contribution in [2.24, 2.45) is 7.05 Å². The Hall–Kier alpha value is -2.90. The van der Waals surface area contributed by atoms with E-state index in [0.717, 1.165) is 41.7 Å². The van der Waals surface area contributed by atoms with Gasteiger partial charge in [-0.3, -0.25) is 9.48 Å². The van der Waals surface area contributed by atoms with E-state index in [1.54, 1.807) is 18.8 Å². The summed E-state index contributed by atoms with van der Waals surface area (Å²) in [6.07, 6.45) is -2.26. The van der Waals surface area contributed by atoms with E-state index in [1.807, 2.05) is 13.0 Å². The number of halogens is 3. The highest BCUT2D eigenvalue weighted by atomic mass is 19.4. The number of carbonyl (C=O) groups is 1. The van der Waals surface area contributed by atoms with Crippen LogP contribution in [0.4, 0.5) is 13.2 Å². The molecule has 0 N–H and O–H groups in total. The number of nitrogens with zero attached hydrogens (tertiary/aromatic N) is 4. The predicted molar refractivity (Wildman–Crippen MR) is 102 cm³/mol. The van der Waals surface area contributed by atoms with Crippen molar-refractivity contribution in [1.29, 1.82) is 0 Å². The van der Waals surface area contributed by atoms with Gasteiger partial charge in [0.1, 0.15) is 0 Å². The van der Waals surface area contributed by atoms with Gasteiger partial charge in [-0.1, -0.05) is 12.1 Å². The average molecular weight is 402 g/mol. The molecule has 2 aromatic heterocycles. The molecule has 1 saturated carbocycles. The van der Waals surface area contributed by atoms with Crippen LogP contribution in [0.2, 0.25) is 0 Å². The molecule has 1 aliphatic carbocycles. The number of benzene rings is 1. The van der Waals surface area contributed by atoms with Crippen molar-refractivity contribution in [3.8, 4) is 0 Å². The van der Waals surface area contributed by atoms with Crippen molar-refractivity contribution < 1.29 is 18.0 Å². The molecule has 0 spiro atoms. The predicted octanol–water partition coefficient (Wildman–Crippen LogP) is 4.45. The van der Waals surface area contributed by atoms with E-state index >= 15 is 0 Å².